The van der Waals surface area contributed by atoms with Gasteiger partial charge in [-0.2, -0.15) is 0 Å². The lowest BCUT2D eigenvalue weighted by atomic mass is 9.53. The Hall–Kier alpha value is -4.94. The monoisotopic (exact) mass is 716 g/mol. The lowest BCUT2D eigenvalue weighted by molar-refractivity contribution is -0.137. The van der Waals surface area contributed by atoms with Crippen molar-refractivity contribution in [2.45, 2.75) is 18.9 Å². The molecule has 0 heterocycles. The minimum atomic E-state index is -3.70. The van der Waals surface area contributed by atoms with E-state index in [2.05, 4.69) is 11.3 Å². The first-order valence-corrected chi connectivity index (χ1v) is 13.0. The Balaban J connectivity index is 2.20. The summed E-state index contributed by atoms with van der Waals surface area (Å²) in [5.41, 5.74) is -7.59. The van der Waals surface area contributed by atoms with Crippen molar-refractivity contribution in [2.24, 2.45) is 0 Å². The van der Waals surface area contributed by atoms with E-state index < -0.39 is 140 Å². The number of hydrogen-bond acceptors (Lipinski definition) is 3. The normalized spacial score (nSPS) is 12.6. The standard InChI is InChI=1S/C30H12BF15O3/c1-8(48-9(2)47)11(12-15(32)21(38)27(44)22(39)16(12)33)30(10-6-4-3-5-7-10)49-31(13-17(34)23(40)28(45)24(41)18(13)35)14-19(36)25(42)29(46)26(43)20(14)37/h3-7,11,30H,1H2,2H3/t11-,30-/m1/s1. The van der Waals surface area contributed by atoms with Crippen LogP contribution in [-0.4, -0.2) is 12.9 Å². The summed E-state index contributed by atoms with van der Waals surface area (Å²) < 4.78 is 230. The number of halogens is 15. The first kappa shape index (κ1) is 36.9. The molecule has 4 rings (SSSR count). The van der Waals surface area contributed by atoms with Gasteiger partial charge in [-0.25, -0.2) is 65.9 Å². The van der Waals surface area contributed by atoms with Crippen LogP contribution in [0, 0.1) is 87.3 Å². The van der Waals surface area contributed by atoms with Crippen LogP contribution in [0.1, 0.15) is 30.1 Å². The van der Waals surface area contributed by atoms with Crippen LogP contribution in [0.2, 0.25) is 0 Å². The molecule has 0 bridgehead atoms. The van der Waals surface area contributed by atoms with Crippen LogP contribution in [-0.2, 0) is 14.2 Å². The van der Waals surface area contributed by atoms with Crippen molar-refractivity contribution in [1.82, 2.24) is 0 Å². The molecule has 0 spiro atoms. The van der Waals surface area contributed by atoms with Gasteiger partial charge >= 0.3 is 12.9 Å². The third kappa shape index (κ3) is 6.34. The molecule has 0 aliphatic rings. The van der Waals surface area contributed by atoms with E-state index in [1.165, 1.54) is 6.07 Å². The first-order valence-electron chi connectivity index (χ1n) is 13.0. The number of esters is 1. The second kappa shape index (κ2) is 13.9. The van der Waals surface area contributed by atoms with Gasteiger partial charge in [-0.15, -0.1) is 0 Å². The molecule has 0 N–H and O–H groups in total. The fourth-order valence-corrected chi connectivity index (χ4v) is 4.75. The topological polar surface area (TPSA) is 35.5 Å². The van der Waals surface area contributed by atoms with E-state index in [0.29, 0.717) is 6.92 Å². The summed E-state index contributed by atoms with van der Waals surface area (Å²) in [5, 5.41) is 0. The fourth-order valence-electron chi connectivity index (χ4n) is 4.75. The van der Waals surface area contributed by atoms with Crippen LogP contribution >= 0.6 is 0 Å². The van der Waals surface area contributed by atoms with Gasteiger partial charge in [0.1, 0.15) is 5.76 Å². The molecule has 3 nitrogen and oxygen atoms in total. The molecule has 19 heteroatoms. The number of benzene rings is 4. The number of carbonyl (C=O) groups is 1. The minimum absolute atomic E-state index is 0.617. The van der Waals surface area contributed by atoms with Gasteiger partial charge in [0.15, 0.2) is 81.4 Å². The van der Waals surface area contributed by atoms with Gasteiger partial charge in [0, 0.05) is 23.4 Å². The van der Waals surface area contributed by atoms with Crippen molar-refractivity contribution >= 4 is 23.8 Å². The smallest absolute Gasteiger partial charge is 0.374 e. The number of carbonyl (C=O) groups excluding carboxylic acids is 1. The van der Waals surface area contributed by atoms with Crippen LogP contribution in [0.25, 0.3) is 0 Å². The molecule has 0 radical (unpaired) electrons. The fraction of sp³-hybridized carbons (Fsp3) is 0.100. The summed E-state index contributed by atoms with van der Waals surface area (Å²) in [7, 11) is 0. The molecule has 0 fully saturated rings. The molecule has 0 saturated heterocycles. The van der Waals surface area contributed by atoms with Crippen molar-refractivity contribution in [1.29, 1.82) is 0 Å². The van der Waals surface area contributed by atoms with Crippen molar-refractivity contribution in [3.05, 3.63) is 141 Å². The van der Waals surface area contributed by atoms with Crippen LogP contribution in [0.3, 0.4) is 0 Å². The Kier molecular flexibility index (Phi) is 10.5. The molecule has 49 heavy (non-hydrogen) atoms. The Morgan fingerprint density at radius 2 is 0.878 bits per heavy atom. The van der Waals surface area contributed by atoms with Gasteiger partial charge in [0.05, 0.1) is 12.0 Å². The highest BCUT2D eigenvalue weighted by Gasteiger charge is 2.46. The zero-order valence-corrected chi connectivity index (χ0v) is 23.7. The third-order valence-electron chi connectivity index (χ3n) is 6.90. The molecule has 0 aliphatic heterocycles. The van der Waals surface area contributed by atoms with E-state index in [0.717, 1.165) is 24.3 Å². The van der Waals surface area contributed by atoms with E-state index in [1.807, 2.05) is 0 Å². The van der Waals surface area contributed by atoms with Gasteiger partial charge in [-0.3, -0.25) is 4.79 Å². The van der Waals surface area contributed by atoms with E-state index in [-0.39, 0.29) is 0 Å². The minimum Gasteiger partial charge on any atom is -0.431 e. The van der Waals surface area contributed by atoms with Crippen molar-refractivity contribution in [3.63, 3.8) is 0 Å². The zero-order valence-electron chi connectivity index (χ0n) is 23.7. The van der Waals surface area contributed by atoms with Gasteiger partial charge in [-0.1, -0.05) is 36.9 Å². The molecular formula is C30H12BF15O3. The third-order valence-corrected chi connectivity index (χ3v) is 6.90. The van der Waals surface area contributed by atoms with Crippen LogP contribution in [0.4, 0.5) is 65.9 Å². The summed E-state index contributed by atoms with van der Waals surface area (Å²) >= 11 is 0. The molecule has 2 atom stereocenters. The molecule has 0 aromatic heterocycles. The second-order valence-corrected chi connectivity index (χ2v) is 9.84. The molecule has 0 amide bonds. The maximum Gasteiger partial charge on any atom is 0.374 e. The van der Waals surface area contributed by atoms with E-state index in [4.69, 9.17) is 4.65 Å². The zero-order chi connectivity index (χ0) is 36.8. The molecular weight excluding hydrogens is 704 g/mol. The predicted molar refractivity (Wildman–Crippen MR) is 138 cm³/mol. The van der Waals surface area contributed by atoms with Gasteiger partial charge in [-0.05, 0) is 5.56 Å². The first-order chi connectivity index (χ1) is 22.8. The van der Waals surface area contributed by atoms with Crippen molar-refractivity contribution < 1.29 is 80.0 Å². The molecule has 4 aromatic carbocycles. The number of rotatable bonds is 9. The van der Waals surface area contributed by atoms with Crippen LogP contribution in [0.5, 0.6) is 0 Å². The average Bonchev–Trinajstić information content (AvgIpc) is 3.07. The Labute approximate surface area is 264 Å². The van der Waals surface area contributed by atoms with Crippen LogP contribution < -0.4 is 10.9 Å². The van der Waals surface area contributed by atoms with Crippen molar-refractivity contribution in [2.75, 3.05) is 0 Å². The van der Waals surface area contributed by atoms with Gasteiger partial charge in [0.2, 0.25) is 5.82 Å². The predicted octanol–water partition coefficient (Wildman–Crippen LogP) is 7.50. The summed E-state index contributed by atoms with van der Waals surface area (Å²) in [6.07, 6.45) is -2.81. The summed E-state index contributed by atoms with van der Waals surface area (Å²) in [5.74, 6) is -48.2. The quantitative estimate of drug-likeness (QED) is 0.0450. The maximum absolute atomic E-state index is 15.3. The Bertz CT molecular complexity index is 1850. The second-order valence-electron chi connectivity index (χ2n) is 9.84. The number of ether oxygens (including phenoxy) is 1. The molecule has 4 aromatic rings. The summed E-state index contributed by atoms with van der Waals surface area (Å²) in [4.78, 5) is 11.8. The Morgan fingerprint density at radius 1 is 0.551 bits per heavy atom. The molecule has 0 unspecified atom stereocenters. The highest BCUT2D eigenvalue weighted by atomic mass is 19.2. The van der Waals surface area contributed by atoms with Crippen molar-refractivity contribution in [3.8, 4) is 0 Å². The van der Waals surface area contributed by atoms with Crippen LogP contribution in [0.15, 0.2) is 42.7 Å². The highest BCUT2D eigenvalue weighted by molar-refractivity contribution is 6.80. The lowest BCUT2D eigenvalue weighted by Crippen LogP contribution is -2.53. The lowest BCUT2D eigenvalue weighted by Gasteiger charge is -2.33. The molecule has 258 valence electrons. The largest absolute Gasteiger partial charge is 0.431 e. The summed E-state index contributed by atoms with van der Waals surface area (Å²) in [6.45, 7) is 0.0701. The maximum atomic E-state index is 15.3. The average molecular weight is 716 g/mol. The van der Waals surface area contributed by atoms with Gasteiger partial charge in [0.25, 0.3) is 0 Å². The molecule has 0 aliphatic carbocycles. The summed E-state index contributed by atoms with van der Waals surface area (Å²) in [6, 6.07) is 4.92. The number of hydrogen-bond donors (Lipinski definition) is 0. The van der Waals surface area contributed by atoms with E-state index >= 15 is 26.3 Å². The SMILES string of the molecule is C=C(OC(C)=O)[C@H](c1c(F)c(F)c(F)c(F)c1F)[C@H](OB(c1c(F)c(F)c(F)c(F)c1F)c1c(F)c(F)c(F)c(F)c1F)c1ccccc1. The van der Waals surface area contributed by atoms with Gasteiger partial charge < -0.3 is 9.39 Å². The van der Waals surface area contributed by atoms with E-state index in [9.17, 15) is 44.3 Å². The Morgan fingerprint density at radius 3 is 1.22 bits per heavy atom. The highest BCUT2D eigenvalue weighted by Crippen LogP contribution is 2.44. The van der Waals surface area contributed by atoms with E-state index in [1.54, 1.807) is 0 Å². The molecule has 0 saturated carbocycles.